The molecule has 37 heavy (non-hydrogen) atoms. The van der Waals surface area contributed by atoms with Crippen molar-refractivity contribution in [2.75, 3.05) is 36.5 Å². The number of hydrogen-bond acceptors (Lipinski definition) is 9. The third kappa shape index (κ3) is 5.22. The minimum absolute atomic E-state index is 0.0381. The number of pyridine rings is 2. The molecule has 1 aliphatic heterocycles. The van der Waals surface area contributed by atoms with Gasteiger partial charge in [-0.15, -0.1) is 0 Å². The maximum absolute atomic E-state index is 15.4. The molecule has 1 aliphatic carbocycles. The molecular weight excluding hydrogens is 493 g/mol. The second kappa shape index (κ2) is 10.6. The molecule has 1 saturated carbocycles. The Balaban J connectivity index is 1.21. The topological polar surface area (TPSA) is 92.6 Å². The number of rotatable bonds is 6. The maximum Gasteiger partial charge on any atom is 0.184 e. The van der Waals surface area contributed by atoms with Gasteiger partial charge in [0.25, 0.3) is 0 Å². The van der Waals surface area contributed by atoms with Gasteiger partial charge in [-0.1, -0.05) is 24.2 Å². The van der Waals surface area contributed by atoms with Crippen molar-refractivity contribution in [1.82, 2.24) is 15.0 Å². The van der Waals surface area contributed by atoms with Gasteiger partial charge in [0.15, 0.2) is 16.8 Å². The molecule has 3 aromatic heterocycles. The lowest BCUT2D eigenvalue weighted by molar-refractivity contribution is 0.116. The standard InChI is InChI=1S/C27H28FN5O3S/c28-25-20(7-8-30-26(25)33-9-11-35-12-10-33)17-13-19(16-29-15-17)36-18-5-6-22-24(14-18)37-27(32-22)31-21-3-1-2-4-23(21)34/h5-8,13-16,21,23,34H,1-4,9-12H2,(H,31,32)/t21-,23-/m1/s1. The first kappa shape index (κ1) is 24.0. The molecule has 2 fully saturated rings. The van der Waals surface area contributed by atoms with Crippen molar-refractivity contribution in [3.8, 4) is 22.6 Å². The van der Waals surface area contributed by atoms with E-state index in [0.717, 1.165) is 41.0 Å². The summed E-state index contributed by atoms with van der Waals surface area (Å²) in [5, 5.41) is 14.5. The minimum atomic E-state index is -0.377. The van der Waals surface area contributed by atoms with Gasteiger partial charge in [0.05, 0.1) is 41.8 Å². The minimum Gasteiger partial charge on any atom is -0.456 e. The van der Waals surface area contributed by atoms with E-state index in [1.807, 2.05) is 23.1 Å². The summed E-state index contributed by atoms with van der Waals surface area (Å²) in [6.07, 6.45) is 8.47. The van der Waals surface area contributed by atoms with Gasteiger partial charge in [-0.25, -0.2) is 14.4 Å². The fourth-order valence-electron chi connectivity index (χ4n) is 4.88. The predicted molar refractivity (Wildman–Crippen MR) is 142 cm³/mol. The lowest BCUT2D eigenvalue weighted by Crippen LogP contribution is -2.37. The Labute approximate surface area is 218 Å². The zero-order chi connectivity index (χ0) is 25.2. The third-order valence-corrected chi connectivity index (χ3v) is 7.79. The van der Waals surface area contributed by atoms with Crippen LogP contribution in [0.25, 0.3) is 21.3 Å². The Kier molecular flexibility index (Phi) is 6.86. The van der Waals surface area contributed by atoms with Crippen molar-refractivity contribution in [2.24, 2.45) is 0 Å². The van der Waals surface area contributed by atoms with Gasteiger partial charge >= 0.3 is 0 Å². The highest BCUT2D eigenvalue weighted by Gasteiger charge is 2.24. The van der Waals surface area contributed by atoms with E-state index in [-0.39, 0.29) is 18.0 Å². The molecule has 6 rings (SSSR count). The smallest absolute Gasteiger partial charge is 0.184 e. The van der Waals surface area contributed by atoms with Crippen LogP contribution in [-0.2, 0) is 4.74 Å². The van der Waals surface area contributed by atoms with Gasteiger partial charge in [0, 0.05) is 42.7 Å². The van der Waals surface area contributed by atoms with Crippen molar-refractivity contribution in [3.63, 3.8) is 0 Å². The molecule has 0 radical (unpaired) electrons. The van der Waals surface area contributed by atoms with E-state index in [9.17, 15) is 5.11 Å². The molecular formula is C27H28FN5O3S. The van der Waals surface area contributed by atoms with Crippen LogP contribution in [-0.4, -0.2) is 58.5 Å². The Morgan fingerprint density at radius 3 is 2.81 bits per heavy atom. The number of nitrogens with one attached hydrogen (secondary N) is 1. The van der Waals surface area contributed by atoms with Gasteiger partial charge in [0.1, 0.15) is 11.5 Å². The van der Waals surface area contributed by atoms with E-state index in [1.165, 1.54) is 11.3 Å². The van der Waals surface area contributed by atoms with Crippen LogP contribution in [0.2, 0.25) is 0 Å². The first-order valence-corrected chi connectivity index (χ1v) is 13.4. The van der Waals surface area contributed by atoms with E-state index in [1.54, 1.807) is 30.7 Å². The summed E-state index contributed by atoms with van der Waals surface area (Å²) in [7, 11) is 0. The molecule has 0 bridgehead atoms. The van der Waals surface area contributed by atoms with E-state index >= 15 is 4.39 Å². The first-order chi connectivity index (χ1) is 18.1. The van der Waals surface area contributed by atoms with Crippen molar-refractivity contribution in [2.45, 2.75) is 37.8 Å². The Bertz CT molecular complexity index is 1390. The number of aliphatic hydroxyl groups excluding tert-OH is 1. The number of morpholine rings is 1. The zero-order valence-electron chi connectivity index (χ0n) is 20.3. The molecule has 2 aliphatic rings. The fraction of sp³-hybridized carbons (Fsp3) is 0.370. The molecule has 4 aromatic rings. The van der Waals surface area contributed by atoms with Gasteiger partial charge in [-0.2, -0.15) is 0 Å². The van der Waals surface area contributed by atoms with Crippen LogP contribution in [0, 0.1) is 5.82 Å². The Hall–Kier alpha value is -3.34. The Morgan fingerprint density at radius 2 is 1.95 bits per heavy atom. The highest BCUT2D eigenvalue weighted by molar-refractivity contribution is 7.22. The van der Waals surface area contributed by atoms with Crippen LogP contribution in [0.1, 0.15) is 25.7 Å². The van der Waals surface area contributed by atoms with Crippen molar-refractivity contribution >= 4 is 32.5 Å². The van der Waals surface area contributed by atoms with Crippen LogP contribution < -0.4 is 15.0 Å². The van der Waals surface area contributed by atoms with Crippen LogP contribution in [0.5, 0.6) is 11.5 Å². The van der Waals surface area contributed by atoms with Crippen LogP contribution in [0.15, 0.2) is 48.9 Å². The summed E-state index contributed by atoms with van der Waals surface area (Å²) >= 11 is 1.54. The summed E-state index contributed by atoms with van der Waals surface area (Å²) in [6.45, 7) is 2.32. The third-order valence-electron chi connectivity index (χ3n) is 6.84. The lowest BCUT2D eigenvalue weighted by Gasteiger charge is -2.28. The summed E-state index contributed by atoms with van der Waals surface area (Å²) < 4.78 is 27.9. The number of hydrogen-bond donors (Lipinski definition) is 2. The Morgan fingerprint density at radius 1 is 1.08 bits per heavy atom. The quantitative estimate of drug-likeness (QED) is 0.356. The SMILES string of the molecule is O[C@@H]1CCCC[C@H]1Nc1nc2ccc(Oc3cncc(-c4ccnc(N5CCOCC5)c4F)c3)cc2s1. The molecule has 1 aromatic carbocycles. The number of thiazole rings is 1. The monoisotopic (exact) mass is 521 g/mol. The second-order valence-corrected chi connectivity index (χ2v) is 10.4. The number of fused-ring (bicyclic) bond motifs is 1. The average molecular weight is 522 g/mol. The average Bonchev–Trinajstić information content (AvgIpc) is 3.32. The number of anilines is 2. The van der Waals surface area contributed by atoms with Crippen LogP contribution >= 0.6 is 11.3 Å². The van der Waals surface area contributed by atoms with E-state index < -0.39 is 0 Å². The number of aliphatic hydroxyl groups is 1. The summed E-state index contributed by atoms with van der Waals surface area (Å²) in [5.74, 6) is 1.10. The number of benzene rings is 1. The first-order valence-electron chi connectivity index (χ1n) is 12.6. The van der Waals surface area contributed by atoms with Gasteiger partial charge in [-0.3, -0.25) is 4.98 Å². The highest BCUT2D eigenvalue weighted by atomic mass is 32.1. The molecule has 4 heterocycles. The summed E-state index contributed by atoms with van der Waals surface area (Å²) in [5.41, 5.74) is 1.91. The predicted octanol–water partition coefficient (Wildman–Crippen LogP) is 5.24. The number of halogens is 1. The van der Waals surface area contributed by atoms with Crippen molar-refractivity contribution in [1.29, 1.82) is 0 Å². The van der Waals surface area contributed by atoms with E-state index in [0.29, 0.717) is 54.7 Å². The highest BCUT2D eigenvalue weighted by Crippen LogP contribution is 2.34. The van der Waals surface area contributed by atoms with E-state index in [2.05, 4.69) is 20.3 Å². The molecule has 10 heteroatoms. The van der Waals surface area contributed by atoms with Crippen LogP contribution in [0.4, 0.5) is 15.3 Å². The van der Waals surface area contributed by atoms with Gasteiger partial charge in [0.2, 0.25) is 0 Å². The molecule has 0 unspecified atom stereocenters. The van der Waals surface area contributed by atoms with Gasteiger partial charge in [-0.05, 0) is 37.1 Å². The van der Waals surface area contributed by atoms with E-state index in [4.69, 9.17) is 9.47 Å². The normalized spacial score (nSPS) is 20.2. The summed E-state index contributed by atoms with van der Waals surface area (Å²) in [6, 6.07) is 9.18. The molecule has 0 amide bonds. The molecule has 8 nitrogen and oxygen atoms in total. The second-order valence-electron chi connectivity index (χ2n) is 9.36. The largest absolute Gasteiger partial charge is 0.456 e. The number of aromatic nitrogens is 3. The summed E-state index contributed by atoms with van der Waals surface area (Å²) in [4.78, 5) is 15.1. The molecule has 1 saturated heterocycles. The zero-order valence-corrected chi connectivity index (χ0v) is 21.1. The number of nitrogens with zero attached hydrogens (tertiary/aromatic N) is 4. The number of ether oxygens (including phenoxy) is 2. The lowest BCUT2D eigenvalue weighted by atomic mass is 9.93. The molecule has 192 valence electrons. The molecule has 2 N–H and O–H groups in total. The van der Waals surface area contributed by atoms with Gasteiger partial charge < -0.3 is 24.8 Å². The molecule has 2 atom stereocenters. The maximum atomic E-state index is 15.4. The fourth-order valence-corrected chi connectivity index (χ4v) is 5.83. The van der Waals surface area contributed by atoms with Crippen molar-refractivity contribution < 1.29 is 19.0 Å². The van der Waals surface area contributed by atoms with Crippen LogP contribution in [0.3, 0.4) is 0 Å². The molecule has 0 spiro atoms. The van der Waals surface area contributed by atoms with Crippen molar-refractivity contribution in [3.05, 3.63) is 54.7 Å².